The molecule has 0 saturated carbocycles. The lowest BCUT2D eigenvalue weighted by atomic mass is 10.2. The van der Waals surface area contributed by atoms with Gasteiger partial charge in [0.2, 0.25) is 11.7 Å². The minimum absolute atomic E-state index is 0.0988. The summed E-state index contributed by atoms with van der Waals surface area (Å²) in [5.74, 6) is 1.29. The van der Waals surface area contributed by atoms with E-state index in [0.717, 1.165) is 5.56 Å². The second-order valence-electron chi connectivity index (χ2n) is 5.03. The molecule has 0 spiro atoms. The molecule has 8 heteroatoms. The number of methoxy groups -OCH3 is 1. The second-order valence-corrected chi connectivity index (χ2v) is 5.46. The van der Waals surface area contributed by atoms with Gasteiger partial charge in [-0.3, -0.25) is 0 Å². The molecular formula is C17H15ClN4O3. The van der Waals surface area contributed by atoms with E-state index in [-0.39, 0.29) is 6.54 Å². The zero-order valence-corrected chi connectivity index (χ0v) is 14.1. The van der Waals surface area contributed by atoms with Crippen molar-refractivity contribution >= 4 is 23.3 Å². The summed E-state index contributed by atoms with van der Waals surface area (Å²) in [6.45, 7) is 0.0988. The Morgan fingerprint density at radius 1 is 1.20 bits per heavy atom. The number of halogens is 1. The highest BCUT2D eigenvalue weighted by Gasteiger charge is 2.11. The molecule has 0 saturated heterocycles. The number of urea groups is 1. The molecule has 1 heterocycles. The smallest absolute Gasteiger partial charge is 0.319 e. The first-order valence-corrected chi connectivity index (χ1v) is 7.80. The minimum atomic E-state index is -0.407. The van der Waals surface area contributed by atoms with Crippen molar-refractivity contribution in [1.29, 1.82) is 0 Å². The first-order valence-electron chi connectivity index (χ1n) is 7.42. The van der Waals surface area contributed by atoms with Gasteiger partial charge >= 0.3 is 6.03 Å². The molecule has 7 nitrogen and oxygen atoms in total. The number of hydrogen-bond acceptors (Lipinski definition) is 5. The van der Waals surface area contributed by atoms with Gasteiger partial charge < -0.3 is 19.9 Å². The van der Waals surface area contributed by atoms with Crippen molar-refractivity contribution in [1.82, 2.24) is 15.5 Å². The van der Waals surface area contributed by atoms with Gasteiger partial charge in [-0.15, -0.1) is 0 Å². The van der Waals surface area contributed by atoms with Crippen LogP contribution in [0, 0.1) is 0 Å². The second kappa shape index (κ2) is 7.67. The van der Waals surface area contributed by atoms with Crippen molar-refractivity contribution in [3.8, 4) is 17.1 Å². The Kier molecular flexibility index (Phi) is 5.15. The van der Waals surface area contributed by atoms with E-state index < -0.39 is 6.03 Å². The summed E-state index contributed by atoms with van der Waals surface area (Å²) in [5, 5.41) is 9.86. The maximum atomic E-state index is 12.0. The predicted octanol–water partition coefficient (Wildman–Crippen LogP) is 3.72. The fourth-order valence-electron chi connectivity index (χ4n) is 2.11. The molecule has 0 unspecified atom stereocenters. The van der Waals surface area contributed by atoms with Gasteiger partial charge in [-0.2, -0.15) is 4.98 Å². The number of nitrogens with zero attached hydrogens (tertiary/aromatic N) is 2. The number of carbonyl (C=O) groups is 1. The van der Waals surface area contributed by atoms with Crippen molar-refractivity contribution < 1.29 is 14.1 Å². The highest BCUT2D eigenvalue weighted by atomic mass is 35.5. The highest BCUT2D eigenvalue weighted by molar-refractivity contribution is 6.30. The van der Waals surface area contributed by atoms with Crippen LogP contribution in [0.4, 0.5) is 10.5 Å². The summed E-state index contributed by atoms with van der Waals surface area (Å²) in [4.78, 5) is 16.2. The van der Waals surface area contributed by atoms with Crippen LogP contribution < -0.4 is 15.4 Å². The van der Waals surface area contributed by atoms with Crippen LogP contribution in [0.3, 0.4) is 0 Å². The van der Waals surface area contributed by atoms with Crippen LogP contribution >= 0.6 is 11.6 Å². The molecule has 0 atom stereocenters. The first-order chi connectivity index (χ1) is 12.2. The molecular weight excluding hydrogens is 344 g/mol. The molecule has 0 aliphatic carbocycles. The molecule has 2 N–H and O–H groups in total. The van der Waals surface area contributed by atoms with Crippen molar-refractivity contribution in [3.63, 3.8) is 0 Å². The van der Waals surface area contributed by atoms with Crippen LogP contribution in [0.15, 0.2) is 53.1 Å². The van der Waals surface area contributed by atoms with E-state index >= 15 is 0 Å². The molecule has 2 aromatic carbocycles. The molecule has 0 bridgehead atoms. The topological polar surface area (TPSA) is 89.3 Å². The van der Waals surface area contributed by atoms with Crippen molar-refractivity contribution in [2.75, 3.05) is 12.4 Å². The van der Waals surface area contributed by atoms with E-state index in [1.165, 1.54) is 7.11 Å². The third kappa shape index (κ3) is 4.27. The van der Waals surface area contributed by atoms with E-state index in [1.54, 1.807) is 42.5 Å². The largest absolute Gasteiger partial charge is 0.495 e. The van der Waals surface area contributed by atoms with Crippen LogP contribution in [0.2, 0.25) is 5.02 Å². The normalized spacial score (nSPS) is 10.3. The Bertz CT molecular complexity index is 864. The molecule has 0 aliphatic heterocycles. The average Bonchev–Trinajstić information content (AvgIpc) is 3.10. The Balaban J connectivity index is 1.58. The van der Waals surface area contributed by atoms with Gasteiger partial charge in [0.1, 0.15) is 5.75 Å². The Labute approximate surface area is 149 Å². The number of aromatic nitrogens is 2. The van der Waals surface area contributed by atoms with Gasteiger partial charge in [0.05, 0.1) is 19.3 Å². The lowest BCUT2D eigenvalue weighted by molar-refractivity contribution is 0.249. The van der Waals surface area contributed by atoms with E-state index in [1.807, 2.05) is 6.07 Å². The van der Waals surface area contributed by atoms with E-state index in [9.17, 15) is 4.79 Å². The van der Waals surface area contributed by atoms with E-state index in [4.69, 9.17) is 20.9 Å². The maximum Gasteiger partial charge on any atom is 0.319 e. The van der Waals surface area contributed by atoms with Gasteiger partial charge in [0.15, 0.2) is 0 Å². The molecule has 3 rings (SSSR count). The highest BCUT2D eigenvalue weighted by Crippen LogP contribution is 2.23. The monoisotopic (exact) mass is 358 g/mol. The third-order valence-corrected chi connectivity index (χ3v) is 3.58. The number of anilines is 1. The van der Waals surface area contributed by atoms with Gasteiger partial charge in [-0.25, -0.2) is 4.79 Å². The van der Waals surface area contributed by atoms with Crippen molar-refractivity contribution in [2.45, 2.75) is 6.54 Å². The quantitative estimate of drug-likeness (QED) is 0.725. The molecule has 0 fully saturated rings. The number of rotatable bonds is 5. The van der Waals surface area contributed by atoms with Gasteiger partial charge in [-0.1, -0.05) is 28.9 Å². The van der Waals surface area contributed by atoms with Crippen molar-refractivity contribution in [3.05, 3.63) is 59.4 Å². The zero-order valence-electron chi connectivity index (χ0n) is 13.3. The Hall–Kier alpha value is -3.06. The fourth-order valence-corrected chi connectivity index (χ4v) is 2.24. The number of hydrogen-bond donors (Lipinski definition) is 2. The predicted molar refractivity (Wildman–Crippen MR) is 93.6 cm³/mol. The van der Waals surface area contributed by atoms with E-state index in [0.29, 0.717) is 28.2 Å². The van der Waals surface area contributed by atoms with Gasteiger partial charge in [0, 0.05) is 10.6 Å². The van der Waals surface area contributed by atoms with Crippen LogP contribution in [-0.4, -0.2) is 23.3 Å². The third-order valence-electron chi connectivity index (χ3n) is 3.33. The van der Waals surface area contributed by atoms with Crippen LogP contribution in [-0.2, 0) is 6.54 Å². The number of ether oxygens (including phenoxy) is 1. The summed E-state index contributed by atoms with van der Waals surface area (Å²) >= 11 is 5.85. The fraction of sp³-hybridized carbons (Fsp3) is 0.118. The summed E-state index contributed by atoms with van der Waals surface area (Å²) in [7, 11) is 1.54. The molecule has 0 aliphatic rings. The van der Waals surface area contributed by atoms with Gasteiger partial charge in [-0.05, 0) is 36.4 Å². The standard InChI is InChI=1S/C17H15ClN4O3/c1-24-14-5-3-2-4-13(14)20-17(23)19-10-15-21-16(22-25-15)11-6-8-12(18)9-7-11/h2-9H,10H2,1H3,(H2,19,20,23). The number of nitrogens with one attached hydrogen (secondary N) is 2. The average molecular weight is 359 g/mol. The summed E-state index contributed by atoms with van der Waals surface area (Å²) in [6.07, 6.45) is 0. The lowest BCUT2D eigenvalue weighted by Gasteiger charge is -2.09. The Morgan fingerprint density at radius 2 is 1.96 bits per heavy atom. The lowest BCUT2D eigenvalue weighted by Crippen LogP contribution is -2.28. The molecule has 0 radical (unpaired) electrons. The van der Waals surface area contributed by atoms with Crippen LogP contribution in [0.25, 0.3) is 11.4 Å². The van der Waals surface area contributed by atoms with Crippen LogP contribution in [0.1, 0.15) is 5.89 Å². The summed E-state index contributed by atoms with van der Waals surface area (Å²) < 4.78 is 10.3. The number of benzene rings is 2. The first kappa shape index (κ1) is 16.8. The number of amides is 2. The molecule has 1 aromatic heterocycles. The molecule has 25 heavy (non-hydrogen) atoms. The van der Waals surface area contributed by atoms with Crippen LogP contribution in [0.5, 0.6) is 5.75 Å². The molecule has 3 aromatic rings. The number of para-hydroxylation sites is 2. The maximum absolute atomic E-state index is 12.0. The summed E-state index contributed by atoms with van der Waals surface area (Å²) in [6, 6.07) is 13.8. The minimum Gasteiger partial charge on any atom is -0.495 e. The zero-order chi connectivity index (χ0) is 17.6. The Morgan fingerprint density at radius 3 is 2.72 bits per heavy atom. The summed E-state index contributed by atoms with van der Waals surface area (Å²) in [5.41, 5.74) is 1.34. The molecule has 128 valence electrons. The van der Waals surface area contributed by atoms with Gasteiger partial charge in [0.25, 0.3) is 0 Å². The molecule has 2 amide bonds. The van der Waals surface area contributed by atoms with Crippen molar-refractivity contribution in [2.24, 2.45) is 0 Å². The SMILES string of the molecule is COc1ccccc1NC(=O)NCc1nc(-c2ccc(Cl)cc2)no1. The van der Waals surface area contributed by atoms with E-state index in [2.05, 4.69) is 20.8 Å². The number of carbonyl (C=O) groups excluding carboxylic acids is 1.